The summed E-state index contributed by atoms with van der Waals surface area (Å²) in [5.74, 6) is 2.29. The number of nitrogens with one attached hydrogen (secondary N) is 1. The van der Waals surface area contributed by atoms with Gasteiger partial charge in [0.05, 0.1) is 21.3 Å². The van der Waals surface area contributed by atoms with Crippen molar-refractivity contribution in [3.05, 3.63) is 48.5 Å². The maximum absolute atomic E-state index is 5.43. The second-order valence-corrected chi connectivity index (χ2v) is 5.43. The Hall–Kier alpha value is -2.88. The fraction of sp³-hybridized carbons (Fsp3) is 0.200. The third-order valence-electron chi connectivity index (χ3n) is 4.15. The van der Waals surface area contributed by atoms with E-state index in [0.717, 1.165) is 44.8 Å². The van der Waals surface area contributed by atoms with E-state index in [9.17, 15) is 0 Å². The molecule has 0 atom stereocenters. The van der Waals surface area contributed by atoms with Crippen LogP contribution in [0.3, 0.4) is 0 Å². The molecular weight excluding hydrogens is 302 g/mol. The maximum atomic E-state index is 5.43. The van der Waals surface area contributed by atoms with Gasteiger partial charge in [0.1, 0.15) is 5.75 Å². The van der Waals surface area contributed by atoms with Crippen molar-refractivity contribution in [2.45, 2.75) is 0 Å². The lowest BCUT2D eigenvalue weighted by Crippen LogP contribution is -1.94. The highest BCUT2D eigenvalue weighted by molar-refractivity contribution is 5.99. The second-order valence-electron chi connectivity index (χ2n) is 5.43. The van der Waals surface area contributed by atoms with Crippen molar-refractivity contribution in [1.29, 1.82) is 0 Å². The smallest absolute Gasteiger partial charge is 0.161 e. The molecule has 0 spiro atoms. The van der Waals surface area contributed by atoms with Gasteiger partial charge >= 0.3 is 0 Å². The van der Waals surface area contributed by atoms with E-state index in [1.165, 1.54) is 0 Å². The van der Waals surface area contributed by atoms with Crippen molar-refractivity contribution in [3.8, 4) is 28.4 Å². The molecule has 0 bridgehead atoms. The minimum Gasteiger partial charge on any atom is -0.497 e. The molecule has 0 unspecified atom stereocenters. The molecule has 0 heterocycles. The van der Waals surface area contributed by atoms with E-state index in [2.05, 4.69) is 29.6 Å². The first-order valence-electron chi connectivity index (χ1n) is 7.72. The summed E-state index contributed by atoms with van der Waals surface area (Å²) in [6, 6.07) is 16.3. The van der Waals surface area contributed by atoms with E-state index < -0.39 is 0 Å². The Balaban J connectivity index is 2.19. The van der Waals surface area contributed by atoms with Gasteiger partial charge in [0.2, 0.25) is 0 Å². The van der Waals surface area contributed by atoms with Gasteiger partial charge in [-0.05, 0) is 52.9 Å². The summed E-state index contributed by atoms with van der Waals surface area (Å²) in [5, 5.41) is 5.45. The topological polar surface area (TPSA) is 39.7 Å². The van der Waals surface area contributed by atoms with Crippen LogP contribution in [0.5, 0.6) is 17.2 Å². The minimum absolute atomic E-state index is 0.721. The molecule has 0 saturated carbocycles. The average molecular weight is 323 g/mol. The molecule has 0 radical (unpaired) electrons. The summed E-state index contributed by atoms with van der Waals surface area (Å²) < 4.78 is 16.1. The summed E-state index contributed by atoms with van der Waals surface area (Å²) in [6.45, 7) is 0. The van der Waals surface area contributed by atoms with Gasteiger partial charge in [-0.2, -0.15) is 0 Å². The Morgan fingerprint density at radius 2 is 1.38 bits per heavy atom. The highest BCUT2D eigenvalue weighted by atomic mass is 16.5. The third kappa shape index (κ3) is 2.83. The molecule has 0 aliphatic carbocycles. The maximum Gasteiger partial charge on any atom is 0.161 e. The third-order valence-corrected chi connectivity index (χ3v) is 4.15. The lowest BCUT2D eigenvalue weighted by molar-refractivity contribution is 0.356. The predicted molar refractivity (Wildman–Crippen MR) is 98.6 cm³/mol. The van der Waals surface area contributed by atoms with Crippen LogP contribution < -0.4 is 19.5 Å². The first-order chi connectivity index (χ1) is 11.7. The number of rotatable bonds is 5. The number of benzene rings is 3. The standard InChI is InChI=1S/C20H21NO3/c1-21-18-10-14(13-5-7-16(22-2)8-6-13)9-15-11-19(23-3)20(24-4)12-17(15)18/h5-12,21H,1-4H3. The molecule has 0 amide bonds. The van der Waals surface area contributed by atoms with Gasteiger partial charge in [-0.15, -0.1) is 0 Å². The normalized spacial score (nSPS) is 10.5. The first kappa shape index (κ1) is 16.0. The Morgan fingerprint density at radius 1 is 0.708 bits per heavy atom. The Kier molecular flexibility index (Phi) is 4.47. The number of fused-ring (bicyclic) bond motifs is 1. The van der Waals surface area contributed by atoms with E-state index in [-0.39, 0.29) is 0 Å². The average Bonchev–Trinajstić information content (AvgIpc) is 2.65. The molecule has 4 nitrogen and oxygen atoms in total. The van der Waals surface area contributed by atoms with E-state index in [1.807, 2.05) is 31.3 Å². The van der Waals surface area contributed by atoms with Gasteiger partial charge in [0, 0.05) is 18.1 Å². The molecule has 0 fully saturated rings. The van der Waals surface area contributed by atoms with Crippen molar-refractivity contribution in [2.24, 2.45) is 0 Å². The molecule has 3 aromatic rings. The van der Waals surface area contributed by atoms with E-state index in [4.69, 9.17) is 14.2 Å². The molecule has 0 saturated heterocycles. The van der Waals surface area contributed by atoms with Crippen LogP contribution in [0.25, 0.3) is 21.9 Å². The van der Waals surface area contributed by atoms with Gasteiger partial charge in [0.15, 0.2) is 11.5 Å². The zero-order valence-corrected chi connectivity index (χ0v) is 14.3. The highest BCUT2D eigenvalue weighted by Crippen LogP contribution is 2.38. The fourth-order valence-electron chi connectivity index (χ4n) is 2.85. The van der Waals surface area contributed by atoms with Crippen molar-refractivity contribution in [2.75, 3.05) is 33.7 Å². The van der Waals surface area contributed by atoms with Crippen molar-refractivity contribution < 1.29 is 14.2 Å². The zero-order chi connectivity index (χ0) is 17.1. The van der Waals surface area contributed by atoms with Crippen LogP contribution in [0.2, 0.25) is 0 Å². The van der Waals surface area contributed by atoms with Crippen LogP contribution in [0.15, 0.2) is 48.5 Å². The SMILES string of the molecule is CNc1cc(-c2ccc(OC)cc2)cc2cc(OC)c(OC)cc12. The summed E-state index contributed by atoms with van der Waals surface area (Å²) >= 11 is 0. The molecule has 1 N–H and O–H groups in total. The van der Waals surface area contributed by atoms with Gasteiger partial charge in [-0.3, -0.25) is 0 Å². The van der Waals surface area contributed by atoms with Crippen molar-refractivity contribution in [3.63, 3.8) is 0 Å². The number of anilines is 1. The van der Waals surface area contributed by atoms with Crippen LogP contribution in [0.1, 0.15) is 0 Å². The molecule has 0 aliphatic heterocycles. The molecule has 3 rings (SSSR count). The van der Waals surface area contributed by atoms with Crippen LogP contribution in [0, 0.1) is 0 Å². The highest BCUT2D eigenvalue weighted by Gasteiger charge is 2.11. The molecule has 124 valence electrons. The van der Waals surface area contributed by atoms with E-state index in [0.29, 0.717) is 0 Å². The number of hydrogen-bond donors (Lipinski definition) is 1. The number of ether oxygens (including phenoxy) is 3. The van der Waals surface area contributed by atoms with Gasteiger partial charge in [-0.25, -0.2) is 0 Å². The monoisotopic (exact) mass is 323 g/mol. The number of hydrogen-bond acceptors (Lipinski definition) is 4. The Labute approximate surface area is 142 Å². The van der Waals surface area contributed by atoms with E-state index in [1.54, 1.807) is 21.3 Å². The molecule has 3 aromatic carbocycles. The molecular formula is C20H21NO3. The largest absolute Gasteiger partial charge is 0.497 e. The Bertz CT molecular complexity index is 857. The zero-order valence-electron chi connectivity index (χ0n) is 14.3. The predicted octanol–water partition coefficient (Wildman–Crippen LogP) is 4.57. The van der Waals surface area contributed by atoms with Crippen LogP contribution in [0.4, 0.5) is 5.69 Å². The molecule has 24 heavy (non-hydrogen) atoms. The fourth-order valence-corrected chi connectivity index (χ4v) is 2.85. The minimum atomic E-state index is 0.721. The van der Waals surface area contributed by atoms with Crippen molar-refractivity contribution >= 4 is 16.5 Å². The number of methoxy groups -OCH3 is 3. The second kappa shape index (κ2) is 6.71. The summed E-state index contributed by atoms with van der Waals surface area (Å²) in [7, 11) is 6.89. The lowest BCUT2D eigenvalue weighted by atomic mass is 9.99. The van der Waals surface area contributed by atoms with Crippen molar-refractivity contribution in [1.82, 2.24) is 0 Å². The van der Waals surface area contributed by atoms with Crippen LogP contribution in [-0.4, -0.2) is 28.4 Å². The van der Waals surface area contributed by atoms with E-state index >= 15 is 0 Å². The summed E-state index contributed by atoms with van der Waals surface area (Å²) in [6.07, 6.45) is 0. The quantitative estimate of drug-likeness (QED) is 0.746. The molecule has 0 aromatic heterocycles. The van der Waals surface area contributed by atoms with Crippen LogP contribution in [-0.2, 0) is 0 Å². The van der Waals surface area contributed by atoms with Gasteiger partial charge in [-0.1, -0.05) is 12.1 Å². The van der Waals surface area contributed by atoms with Gasteiger partial charge < -0.3 is 19.5 Å². The van der Waals surface area contributed by atoms with Gasteiger partial charge in [0.25, 0.3) is 0 Å². The van der Waals surface area contributed by atoms with Crippen LogP contribution >= 0.6 is 0 Å². The first-order valence-corrected chi connectivity index (χ1v) is 7.72. The Morgan fingerprint density at radius 3 is 1.96 bits per heavy atom. The molecule has 4 heteroatoms. The summed E-state index contributed by atoms with van der Waals surface area (Å²) in [4.78, 5) is 0. The lowest BCUT2D eigenvalue weighted by Gasteiger charge is -2.14. The molecule has 0 aliphatic rings. The summed E-state index contributed by atoms with van der Waals surface area (Å²) in [5.41, 5.74) is 3.30.